The fourth-order valence-corrected chi connectivity index (χ4v) is 2.34. The number of nitrogens with zero attached hydrogens (tertiary/aromatic N) is 1. The number of aromatic nitrogens is 2. The van der Waals surface area contributed by atoms with Crippen molar-refractivity contribution >= 4 is 45.7 Å². The van der Waals surface area contributed by atoms with Crippen LogP contribution < -0.4 is 5.32 Å². The van der Waals surface area contributed by atoms with Gasteiger partial charge in [-0.1, -0.05) is 23.2 Å². The molecule has 0 radical (unpaired) electrons. The summed E-state index contributed by atoms with van der Waals surface area (Å²) in [6, 6.07) is 10.6. The monoisotopic (exact) mass is 305 g/mol. The summed E-state index contributed by atoms with van der Waals surface area (Å²) in [6.07, 6.45) is 1.84. The lowest BCUT2D eigenvalue weighted by atomic mass is 10.2. The van der Waals surface area contributed by atoms with Gasteiger partial charge >= 0.3 is 0 Å². The molecule has 3 aromatic rings. The van der Waals surface area contributed by atoms with Crippen LogP contribution in [-0.4, -0.2) is 15.9 Å². The van der Waals surface area contributed by atoms with Crippen molar-refractivity contribution in [1.29, 1.82) is 0 Å². The molecule has 100 valence electrons. The average molecular weight is 306 g/mol. The SMILES string of the molecule is O=C(Nc1ccc2[nH]ccc2c1)c1ccc(Cl)nc1Cl. The van der Waals surface area contributed by atoms with Gasteiger partial charge in [-0.15, -0.1) is 0 Å². The van der Waals surface area contributed by atoms with Crippen LogP contribution in [-0.2, 0) is 0 Å². The molecule has 0 saturated heterocycles. The Labute approximate surface area is 124 Å². The number of nitrogens with one attached hydrogen (secondary N) is 2. The van der Waals surface area contributed by atoms with E-state index >= 15 is 0 Å². The summed E-state index contributed by atoms with van der Waals surface area (Å²) >= 11 is 11.6. The van der Waals surface area contributed by atoms with Crippen LogP contribution in [0.25, 0.3) is 10.9 Å². The van der Waals surface area contributed by atoms with Crippen LogP contribution in [0.2, 0.25) is 10.3 Å². The molecule has 4 nitrogen and oxygen atoms in total. The van der Waals surface area contributed by atoms with Crippen LogP contribution >= 0.6 is 23.2 Å². The quantitative estimate of drug-likeness (QED) is 0.700. The molecule has 2 heterocycles. The standard InChI is InChI=1S/C14H9Cl2N3O/c15-12-4-2-10(13(16)19-12)14(20)18-9-1-3-11-8(7-9)5-6-17-11/h1-7,17H,(H,18,20). The van der Waals surface area contributed by atoms with E-state index in [1.165, 1.54) is 6.07 Å². The van der Waals surface area contributed by atoms with E-state index in [9.17, 15) is 4.79 Å². The van der Waals surface area contributed by atoms with Gasteiger partial charge in [-0.3, -0.25) is 4.79 Å². The van der Waals surface area contributed by atoms with E-state index in [0.29, 0.717) is 5.69 Å². The zero-order valence-electron chi connectivity index (χ0n) is 10.2. The molecule has 0 unspecified atom stereocenters. The average Bonchev–Trinajstić information content (AvgIpc) is 2.85. The molecule has 3 rings (SSSR count). The molecule has 0 bridgehead atoms. The van der Waals surface area contributed by atoms with Gasteiger partial charge in [-0.2, -0.15) is 0 Å². The Morgan fingerprint density at radius 3 is 2.80 bits per heavy atom. The van der Waals surface area contributed by atoms with Gasteiger partial charge in [0.2, 0.25) is 0 Å². The van der Waals surface area contributed by atoms with E-state index in [2.05, 4.69) is 15.3 Å². The second-order valence-electron chi connectivity index (χ2n) is 4.21. The van der Waals surface area contributed by atoms with E-state index < -0.39 is 0 Å². The molecule has 0 aliphatic heterocycles. The highest BCUT2D eigenvalue weighted by atomic mass is 35.5. The van der Waals surface area contributed by atoms with Crippen molar-refractivity contribution in [1.82, 2.24) is 9.97 Å². The minimum atomic E-state index is -0.325. The topological polar surface area (TPSA) is 57.8 Å². The maximum atomic E-state index is 12.1. The van der Waals surface area contributed by atoms with Crippen LogP contribution in [0.3, 0.4) is 0 Å². The van der Waals surface area contributed by atoms with Gasteiger partial charge in [0.1, 0.15) is 10.3 Å². The minimum absolute atomic E-state index is 0.0812. The van der Waals surface area contributed by atoms with Crippen LogP contribution in [0.5, 0.6) is 0 Å². The number of fused-ring (bicyclic) bond motifs is 1. The second kappa shape index (κ2) is 5.15. The van der Waals surface area contributed by atoms with Gasteiger partial charge < -0.3 is 10.3 Å². The van der Waals surface area contributed by atoms with E-state index in [0.717, 1.165) is 10.9 Å². The van der Waals surface area contributed by atoms with E-state index in [-0.39, 0.29) is 21.8 Å². The number of anilines is 1. The van der Waals surface area contributed by atoms with Gasteiger partial charge in [0, 0.05) is 22.8 Å². The van der Waals surface area contributed by atoms with E-state index in [4.69, 9.17) is 23.2 Å². The summed E-state index contributed by atoms with van der Waals surface area (Å²) in [5.41, 5.74) is 1.98. The molecule has 20 heavy (non-hydrogen) atoms. The number of benzene rings is 1. The molecule has 0 spiro atoms. The van der Waals surface area contributed by atoms with Gasteiger partial charge in [0.25, 0.3) is 5.91 Å². The number of aromatic amines is 1. The van der Waals surface area contributed by atoms with E-state index in [1.807, 2.05) is 30.5 Å². The number of carbonyl (C=O) groups excluding carboxylic acids is 1. The molecule has 0 aliphatic carbocycles. The Hall–Kier alpha value is -2.04. The van der Waals surface area contributed by atoms with Crippen LogP contribution in [0.15, 0.2) is 42.6 Å². The molecule has 0 fully saturated rings. The number of H-pyrrole nitrogens is 1. The zero-order chi connectivity index (χ0) is 14.1. The van der Waals surface area contributed by atoms with Gasteiger partial charge in [0.05, 0.1) is 5.56 Å². The first-order chi connectivity index (χ1) is 9.63. The molecule has 0 atom stereocenters. The third-order valence-corrected chi connectivity index (χ3v) is 3.37. The summed E-state index contributed by atoms with van der Waals surface area (Å²) in [7, 11) is 0. The Kier molecular flexibility index (Phi) is 3.34. The first-order valence-corrected chi connectivity index (χ1v) is 6.59. The molecular weight excluding hydrogens is 297 g/mol. The Balaban J connectivity index is 1.87. The second-order valence-corrected chi connectivity index (χ2v) is 4.95. The van der Waals surface area contributed by atoms with Crippen LogP contribution in [0, 0.1) is 0 Å². The fourth-order valence-electron chi connectivity index (χ4n) is 1.91. The normalized spacial score (nSPS) is 10.7. The van der Waals surface area contributed by atoms with Crippen molar-refractivity contribution in [3.8, 4) is 0 Å². The maximum absolute atomic E-state index is 12.1. The van der Waals surface area contributed by atoms with Gasteiger partial charge in [-0.05, 0) is 36.4 Å². The smallest absolute Gasteiger partial charge is 0.258 e. The molecule has 0 aliphatic rings. The molecule has 1 aromatic carbocycles. The van der Waals surface area contributed by atoms with Crippen molar-refractivity contribution in [2.75, 3.05) is 5.32 Å². The zero-order valence-corrected chi connectivity index (χ0v) is 11.7. The number of rotatable bonds is 2. The molecule has 2 N–H and O–H groups in total. The number of pyridine rings is 1. The summed E-state index contributed by atoms with van der Waals surface area (Å²) in [6.45, 7) is 0. The Bertz CT molecular complexity index is 798. The number of halogens is 2. The highest BCUT2D eigenvalue weighted by Gasteiger charge is 2.12. The summed E-state index contributed by atoms with van der Waals surface area (Å²) in [4.78, 5) is 19.1. The predicted molar refractivity (Wildman–Crippen MR) is 80.5 cm³/mol. The van der Waals surface area contributed by atoms with Gasteiger partial charge in [0.15, 0.2) is 0 Å². The number of hydrogen-bond acceptors (Lipinski definition) is 2. The number of carbonyl (C=O) groups is 1. The predicted octanol–water partition coefficient (Wildman–Crippen LogP) is 4.12. The van der Waals surface area contributed by atoms with Crippen molar-refractivity contribution in [3.63, 3.8) is 0 Å². The third kappa shape index (κ3) is 2.48. The maximum Gasteiger partial charge on any atom is 0.258 e. The fraction of sp³-hybridized carbons (Fsp3) is 0. The summed E-state index contributed by atoms with van der Waals surface area (Å²) in [5, 5.41) is 4.13. The largest absolute Gasteiger partial charge is 0.361 e. The first-order valence-electron chi connectivity index (χ1n) is 5.84. The summed E-state index contributed by atoms with van der Waals surface area (Å²) < 4.78 is 0. The van der Waals surface area contributed by atoms with E-state index in [1.54, 1.807) is 6.07 Å². The first kappa shape index (κ1) is 13.0. The third-order valence-electron chi connectivity index (χ3n) is 2.87. The molecular formula is C14H9Cl2N3O. The molecule has 6 heteroatoms. The lowest BCUT2D eigenvalue weighted by Gasteiger charge is -2.06. The highest BCUT2D eigenvalue weighted by Crippen LogP contribution is 2.21. The van der Waals surface area contributed by atoms with Crippen molar-refractivity contribution < 1.29 is 4.79 Å². The molecule has 0 saturated carbocycles. The van der Waals surface area contributed by atoms with Crippen molar-refractivity contribution in [2.24, 2.45) is 0 Å². The van der Waals surface area contributed by atoms with Crippen LogP contribution in [0.4, 0.5) is 5.69 Å². The Morgan fingerprint density at radius 1 is 1.15 bits per heavy atom. The lowest BCUT2D eigenvalue weighted by molar-refractivity contribution is 0.102. The van der Waals surface area contributed by atoms with Crippen molar-refractivity contribution in [2.45, 2.75) is 0 Å². The lowest BCUT2D eigenvalue weighted by Crippen LogP contribution is -2.12. The highest BCUT2D eigenvalue weighted by molar-refractivity contribution is 6.35. The minimum Gasteiger partial charge on any atom is -0.361 e. The number of hydrogen-bond donors (Lipinski definition) is 2. The van der Waals surface area contributed by atoms with Crippen molar-refractivity contribution in [3.05, 3.63) is 58.5 Å². The van der Waals surface area contributed by atoms with Gasteiger partial charge in [-0.25, -0.2) is 4.98 Å². The summed E-state index contributed by atoms with van der Waals surface area (Å²) in [5.74, 6) is -0.325. The molecule has 1 amide bonds. The van der Waals surface area contributed by atoms with Crippen LogP contribution in [0.1, 0.15) is 10.4 Å². The number of amides is 1. The Morgan fingerprint density at radius 2 is 2.00 bits per heavy atom. The molecule has 2 aromatic heterocycles.